The van der Waals surface area contributed by atoms with Gasteiger partial charge in [-0.3, -0.25) is 0 Å². The van der Waals surface area contributed by atoms with E-state index in [1.807, 2.05) is 0 Å². The fourth-order valence-electron chi connectivity index (χ4n) is 3.22. The van der Waals surface area contributed by atoms with Crippen molar-refractivity contribution in [3.05, 3.63) is 0 Å². The van der Waals surface area contributed by atoms with Crippen molar-refractivity contribution in [2.75, 3.05) is 0 Å². The van der Waals surface area contributed by atoms with E-state index in [1.165, 1.54) is 77.0 Å². The summed E-state index contributed by atoms with van der Waals surface area (Å²) in [4.78, 5) is 0. The van der Waals surface area contributed by atoms with Gasteiger partial charge in [0.25, 0.3) is 0 Å². The molecule has 3 aliphatic carbocycles. The van der Waals surface area contributed by atoms with E-state index < -0.39 is 0 Å². The summed E-state index contributed by atoms with van der Waals surface area (Å²) in [5.74, 6) is 0. The average molecular weight is 284 g/mol. The number of hydrogen-bond acceptors (Lipinski definition) is 2. The van der Waals surface area contributed by atoms with Gasteiger partial charge in [-0.25, -0.2) is 0 Å². The first-order valence-electron chi connectivity index (χ1n) is 9.15. The lowest BCUT2D eigenvalue weighted by Gasteiger charge is -2.14. The quantitative estimate of drug-likeness (QED) is 0.660. The summed E-state index contributed by atoms with van der Waals surface area (Å²) in [6.07, 6.45) is 20.8. The van der Waals surface area contributed by atoms with Crippen LogP contribution in [0.2, 0.25) is 0 Å². The summed E-state index contributed by atoms with van der Waals surface area (Å²) < 4.78 is 0. The van der Waals surface area contributed by atoms with Crippen LogP contribution < -0.4 is 0 Å². The van der Waals surface area contributed by atoms with Crippen molar-refractivity contribution < 1.29 is 10.2 Å². The third kappa shape index (κ3) is 10.7. The minimum absolute atomic E-state index is 0.0359. The molecule has 3 saturated carbocycles. The van der Waals surface area contributed by atoms with Crippen LogP contribution >= 0.6 is 0 Å². The summed E-state index contributed by atoms with van der Waals surface area (Å²) in [5, 5.41) is 17.8. The van der Waals surface area contributed by atoms with Gasteiger partial charge in [0.15, 0.2) is 0 Å². The van der Waals surface area contributed by atoms with Crippen LogP contribution in [0.5, 0.6) is 0 Å². The normalized spacial score (nSPS) is 24.9. The Hall–Kier alpha value is -0.0800. The van der Waals surface area contributed by atoms with Crippen molar-refractivity contribution in [3.63, 3.8) is 0 Å². The van der Waals surface area contributed by atoms with E-state index in [4.69, 9.17) is 10.2 Å². The molecule has 0 amide bonds. The van der Waals surface area contributed by atoms with Crippen molar-refractivity contribution in [1.82, 2.24) is 0 Å². The van der Waals surface area contributed by atoms with Crippen molar-refractivity contribution in [1.29, 1.82) is 0 Å². The zero-order valence-electron chi connectivity index (χ0n) is 13.4. The third-order valence-electron chi connectivity index (χ3n) is 4.65. The third-order valence-corrected chi connectivity index (χ3v) is 4.65. The molecule has 0 aromatic carbocycles. The van der Waals surface area contributed by atoms with E-state index in [0.717, 1.165) is 25.7 Å². The second kappa shape index (κ2) is 12.6. The van der Waals surface area contributed by atoms with Crippen LogP contribution in [-0.4, -0.2) is 22.4 Å². The Morgan fingerprint density at radius 1 is 0.350 bits per heavy atom. The summed E-state index contributed by atoms with van der Waals surface area (Å²) in [7, 11) is 0. The van der Waals surface area contributed by atoms with Gasteiger partial charge in [-0.05, 0) is 25.7 Å². The van der Waals surface area contributed by atoms with E-state index in [2.05, 4.69) is 0 Å². The molecule has 20 heavy (non-hydrogen) atoms. The molecule has 0 atom stereocenters. The zero-order valence-corrected chi connectivity index (χ0v) is 13.4. The maximum atomic E-state index is 8.91. The molecule has 0 unspecified atom stereocenters. The average Bonchev–Trinajstić information content (AvgIpc) is 2.52. The van der Waals surface area contributed by atoms with Crippen LogP contribution in [-0.2, 0) is 0 Å². The lowest BCUT2D eigenvalue weighted by Crippen LogP contribution is -2.09. The summed E-state index contributed by atoms with van der Waals surface area (Å²) in [5.41, 5.74) is 0. The second-order valence-corrected chi connectivity index (χ2v) is 6.70. The fraction of sp³-hybridized carbons (Fsp3) is 1.00. The summed E-state index contributed by atoms with van der Waals surface area (Å²) >= 11 is 0. The molecular weight excluding hydrogens is 248 g/mol. The maximum absolute atomic E-state index is 8.91. The van der Waals surface area contributed by atoms with Gasteiger partial charge in [0.05, 0.1) is 12.2 Å². The molecule has 0 spiro atoms. The predicted molar refractivity (Wildman–Crippen MR) is 85.9 cm³/mol. The van der Waals surface area contributed by atoms with Gasteiger partial charge in [0.1, 0.15) is 0 Å². The van der Waals surface area contributed by atoms with Crippen LogP contribution in [0.3, 0.4) is 0 Å². The molecule has 120 valence electrons. The van der Waals surface area contributed by atoms with E-state index in [0.29, 0.717) is 0 Å². The minimum atomic E-state index is 0.0359. The molecule has 3 aliphatic rings. The topological polar surface area (TPSA) is 40.5 Å². The highest BCUT2D eigenvalue weighted by Crippen LogP contribution is 2.17. The van der Waals surface area contributed by atoms with E-state index in [9.17, 15) is 0 Å². The Labute approximate surface area is 126 Å². The van der Waals surface area contributed by atoms with Crippen LogP contribution in [0.1, 0.15) is 103 Å². The molecule has 0 bridgehead atoms. The Morgan fingerprint density at radius 3 is 0.700 bits per heavy atom. The highest BCUT2D eigenvalue weighted by molar-refractivity contribution is 4.62. The molecule has 3 rings (SSSR count). The number of hydrogen-bond donors (Lipinski definition) is 2. The van der Waals surface area contributed by atoms with Crippen molar-refractivity contribution in [2.24, 2.45) is 0 Å². The smallest absolute Gasteiger partial charge is 0.0540 e. The predicted octanol–water partition coefficient (Wildman–Crippen LogP) is 4.96. The first kappa shape index (κ1) is 18.0. The number of aliphatic hydroxyl groups is 2. The van der Waals surface area contributed by atoms with E-state index >= 15 is 0 Å². The maximum Gasteiger partial charge on any atom is 0.0540 e. The Kier molecular flexibility index (Phi) is 11.4. The molecule has 0 heterocycles. The molecule has 3 fully saturated rings. The highest BCUT2D eigenvalue weighted by Gasteiger charge is 2.08. The van der Waals surface area contributed by atoms with Crippen LogP contribution in [0, 0.1) is 0 Å². The Morgan fingerprint density at radius 2 is 0.550 bits per heavy atom. The molecular formula is C18H36O2. The molecule has 2 heteroatoms. The standard InChI is InChI=1S/2C6H12O.C6H12/c2*7-6-4-2-1-3-5-6;1-2-4-6-5-3-1/h2*6-7H,1-5H2;1-6H2. The molecule has 0 aromatic rings. The summed E-state index contributed by atoms with van der Waals surface area (Å²) in [6.45, 7) is 0. The van der Waals surface area contributed by atoms with Gasteiger partial charge in [0, 0.05) is 0 Å². The molecule has 0 aliphatic heterocycles. The first-order valence-corrected chi connectivity index (χ1v) is 9.15. The van der Waals surface area contributed by atoms with Crippen molar-refractivity contribution in [3.8, 4) is 0 Å². The van der Waals surface area contributed by atoms with Crippen molar-refractivity contribution >= 4 is 0 Å². The monoisotopic (exact) mass is 284 g/mol. The van der Waals surface area contributed by atoms with Gasteiger partial charge in [-0.2, -0.15) is 0 Å². The second-order valence-electron chi connectivity index (χ2n) is 6.70. The summed E-state index contributed by atoms with van der Waals surface area (Å²) in [6, 6.07) is 0. The van der Waals surface area contributed by atoms with Gasteiger partial charge in [-0.15, -0.1) is 0 Å². The van der Waals surface area contributed by atoms with Crippen molar-refractivity contribution in [2.45, 2.75) is 115 Å². The van der Waals surface area contributed by atoms with E-state index in [-0.39, 0.29) is 12.2 Å². The zero-order chi connectivity index (χ0) is 14.5. The van der Waals surface area contributed by atoms with Gasteiger partial charge in [-0.1, -0.05) is 77.0 Å². The van der Waals surface area contributed by atoms with Crippen LogP contribution in [0.4, 0.5) is 0 Å². The number of aliphatic hydroxyl groups excluding tert-OH is 2. The lowest BCUT2D eigenvalue weighted by molar-refractivity contribution is 0.130. The van der Waals surface area contributed by atoms with Gasteiger partial charge < -0.3 is 10.2 Å². The molecule has 2 nitrogen and oxygen atoms in total. The Balaban J connectivity index is 0.000000151. The van der Waals surface area contributed by atoms with Gasteiger partial charge >= 0.3 is 0 Å². The van der Waals surface area contributed by atoms with Crippen LogP contribution in [0.25, 0.3) is 0 Å². The highest BCUT2D eigenvalue weighted by atomic mass is 16.3. The van der Waals surface area contributed by atoms with E-state index in [1.54, 1.807) is 0 Å². The lowest BCUT2D eigenvalue weighted by atomic mass is 9.98. The molecule has 2 N–H and O–H groups in total. The van der Waals surface area contributed by atoms with Gasteiger partial charge in [0.2, 0.25) is 0 Å². The fourth-order valence-corrected chi connectivity index (χ4v) is 3.22. The first-order chi connectivity index (χ1) is 9.79. The minimum Gasteiger partial charge on any atom is -0.393 e. The van der Waals surface area contributed by atoms with Crippen LogP contribution in [0.15, 0.2) is 0 Å². The Bertz CT molecular complexity index is 162. The molecule has 0 radical (unpaired) electrons. The largest absolute Gasteiger partial charge is 0.393 e. The SMILES string of the molecule is C1CCCCC1.OC1CCCCC1.OC1CCCCC1. The molecule has 0 aromatic heterocycles. The number of rotatable bonds is 0. The molecule has 0 saturated heterocycles.